The number of hydrogen-bond donors (Lipinski definition) is 0. The number of nitrogens with zero attached hydrogens (tertiary/aromatic N) is 1. The van der Waals surface area contributed by atoms with Gasteiger partial charge in [-0.2, -0.15) is 0 Å². The second-order valence-corrected chi connectivity index (χ2v) is 10.2. The number of carbonyl (C=O) groups is 1. The smallest absolute Gasteiger partial charge is 0.363 e. The SMILES string of the molecule is O=C1OC(c2ccccc2Br)=N/C1=C\c1cc(I)c(OCc2ccc(Cl)cc2)c(I)c1. The van der Waals surface area contributed by atoms with Crippen LogP contribution in [0.4, 0.5) is 0 Å². The predicted molar refractivity (Wildman–Crippen MR) is 142 cm³/mol. The van der Waals surface area contributed by atoms with Crippen LogP contribution in [-0.2, 0) is 16.1 Å². The predicted octanol–water partition coefficient (Wildman–Crippen LogP) is 7.24. The van der Waals surface area contributed by atoms with Crippen molar-refractivity contribution in [1.29, 1.82) is 0 Å². The van der Waals surface area contributed by atoms with Crippen molar-refractivity contribution in [3.63, 3.8) is 0 Å². The molecule has 0 aromatic heterocycles. The molecule has 3 aromatic rings. The van der Waals surface area contributed by atoms with Crippen LogP contribution in [0.2, 0.25) is 5.02 Å². The van der Waals surface area contributed by atoms with E-state index in [1.54, 1.807) is 6.08 Å². The van der Waals surface area contributed by atoms with Crippen molar-refractivity contribution in [1.82, 2.24) is 0 Å². The van der Waals surface area contributed by atoms with Gasteiger partial charge in [-0.3, -0.25) is 0 Å². The fourth-order valence-corrected chi connectivity index (χ4v) is 5.56. The Morgan fingerprint density at radius 3 is 2.42 bits per heavy atom. The fourth-order valence-electron chi connectivity index (χ4n) is 2.85. The van der Waals surface area contributed by atoms with Gasteiger partial charge in [0.25, 0.3) is 0 Å². The molecular weight excluding hydrogens is 707 g/mol. The van der Waals surface area contributed by atoms with Gasteiger partial charge in [-0.25, -0.2) is 9.79 Å². The van der Waals surface area contributed by atoms with E-state index in [1.165, 1.54) is 0 Å². The third-order valence-electron chi connectivity index (χ3n) is 4.35. The molecule has 0 radical (unpaired) electrons. The van der Waals surface area contributed by atoms with Gasteiger partial charge in [0.05, 0.1) is 12.7 Å². The molecular formula is C23H13BrClI2NO3. The number of carbonyl (C=O) groups excluding carboxylic acids is 1. The third-order valence-corrected chi connectivity index (χ3v) is 6.89. The summed E-state index contributed by atoms with van der Waals surface area (Å²) in [6.45, 7) is 0.440. The van der Waals surface area contributed by atoms with Gasteiger partial charge in [-0.1, -0.05) is 35.9 Å². The third kappa shape index (κ3) is 5.50. The molecule has 156 valence electrons. The van der Waals surface area contributed by atoms with Gasteiger partial charge in [0.2, 0.25) is 5.90 Å². The van der Waals surface area contributed by atoms with Crippen molar-refractivity contribution in [2.75, 3.05) is 0 Å². The number of hydrogen-bond acceptors (Lipinski definition) is 4. The second kappa shape index (κ2) is 10.0. The minimum Gasteiger partial charge on any atom is -0.487 e. The summed E-state index contributed by atoms with van der Waals surface area (Å²) in [7, 11) is 0. The lowest BCUT2D eigenvalue weighted by Crippen LogP contribution is -2.05. The van der Waals surface area contributed by atoms with E-state index in [1.807, 2.05) is 60.7 Å². The first kappa shape index (κ1) is 22.8. The molecule has 1 heterocycles. The van der Waals surface area contributed by atoms with Crippen molar-refractivity contribution in [2.24, 2.45) is 4.99 Å². The molecule has 0 N–H and O–H groups in total. The van der Waals surface area contributed by atoms with Gasteiger partial charge in [0, 0.05) is 9.50 Å². The molecule has 1 aliphatic heterocycles. The van der Waals surface area contributed by atoms with E-state index in [9.17, 15) is 4.79 Å². The summed E-state index contributed by atoms with van der Waals surface area (Å²) in [5.41, 5.74) is 2.86. The summed E-state index contributed by atoms with van der Waals surface area (Å²) < 4.78 is 14.1. The second-order valence-electron chi connectivity index (χ2n) is 6.54. The summed E-state index contributed by atoms with van der Waals surface area (Å²) in [6, 6.07) is 18.9. The van der Waals surface area contributed by atoms with E-state index in [0.29, 0.717) is 11.6 Å². The number of ether oxygens (including phenoxy) is 2. The maximum absolute atomic E-state index is 12.3. The molecule has 0 bridgehead atoms. The van der Waals surface area contributed by atoms with E-state index >= 15 is 0 Å². The summed E-state index contributed by atoms with van der Waals surface area (Å²) in [5.74, 6) is 0.611. The zero-order valence-electron chi connectivity index (χ0n) is 15.7. The highest BCUT2D eigenvalue weighted by atomic mass is 127. The fraction of sp³-hybridized carbons (Fsp3) is 0.0435. The average Bonchev–Trinajstić information content (AvgIpc) is 3.09. The lowest BCUT2D eigenvalue weighted by atomic mass is 10.2. The first-order valence-electron chi connectivity index (χ1n) is 9.04. The van der Waals surface area contributed by atoms with Crippen LogP contribution in [0.5, 0.6) is 5.75 Å². The van der Waals surface area contributed by atoms with Crippen molar-refractivity contribution >= 4 is 90.7 Å². The molecule has 1 aliphatic rings. The van der Waals surface area contributed by atoms with Crippen LogP contribution in [0.3, 0.4) is 0 Å². The van der Waals surface area contributed by atoms with Crippen LogP contribution in [-0.4, -0.2) is 11.9 Å². The number of benzene rings is 3. The van der Waals surface area contributed by atoms with Gasteiger partial charge in [0.1, 0.15) is 12.4 Å². The summed E-state index contributed by atoms with van der Waals surface area (Å²) in [4.78, 5) is 16.7. The molecule has 3 aromatic carbocycles. The van der Waals surface area contributed by atoms with Gasteiger partial charge in [0.15, 0.2) is 5.70 Å². The average molecular weight is 721 g/mol. The molecule has 0 unspecified atom stereocenters. The lowest BCUT2D eigenvalue weighted by molar-refractivity contribution is -0.129. The Morgan fingerprint density at radius 2 is 1.74 bits per heavy atom. The van der Waals surface area contributed by atoms with E-state index in [4.69, 9.17) is 21.1 Å². The van der Waals surface area contributed by atoms with E-state index in [-0.39, 0.29) is 11.6 Å². The van der Waals surface area contributed by atoms with Crippen LogP contribution in [0.25, 0.3) is 6.08 Å². The summed E-state index contributed by atoms with van der Waals surface area (Å²) in [5, 5.41) is 0.696. The molecule has 8 heteroatoms. The van der Waals surface area contributed by atoms with Crippen LogP contribution in [0.1, 0.15) is 16.7 Å². The standard InChI is InChI=1S/C23H13BrClI2NO3/c24-17-4-2-1-3-16(17)22-28-20(23(29)31-22)11-14-9-18(26)21(19(27)10-14)30-12-13-5-7-15(25)8-6-13/h1-11H,12H2/b20-11-. The Hall–Kier alpha value is -1.43. The van der Waals surface area contributed by atoms with Crippen LogP contribution in [0, 0.1) is 7.14 Å². The maximum atomic E-state index is 12.3. The van der Waals surface area contributed by atoms with Gasteiger partial charge in [-0.15, -0.1) is 0 Å². The first-order valence-corrected chi connectivity index (χ1v) is 12.4. The Labute approximate surface area is 220 Å². The maximum Gasteiger partial charge on any atom is 0.363 e. The molecule has 0 atom stereocenters. The minimum absolute atomic E-state index is 0.257. The minimum atomic E-state index is -0.473. The molecule has 0 saturated carbocycles. The van der Waals surface area contributed by atoms with Crippen molar-refractivity contribution in [3.8, 4) is 5.75 Å². The number of rotatable bonds is 5. The molecule has 31 heavy (non-hydrogen) atoms. The number of aliphatic imine (C=N–C) groups is 1. The molecule has 4 nitrogen and oxygen atoms in total. The Kier molecular flexibility index (Phi) is 7.35. The van der Waals surface area contributed by atoms with Gasteiger partial charge >= 0.3 is 5.97 Å². The summed E-state index contributed by atoms with van der Waals surface area (Å²) >= 11 is 13.9. The highest BCUT2D eigenvalue weighted by Crippen LogP contribution is 2.31. The highest BCUT2D eigenvalue weighted by Gasteiger charge is 2.25. The van der Waals surface area contributed by atoms with Gasteiger partial charge in [-0.05, 0) is 115 Å². The number of halogens is 4. The van der Waals surface area contributed by atoms with E-state index < -0.39 is 5.97 Å². The zero-order chi connectivity index (χ0) is 22.0. The highest BCUT2D eigenvalue weighted by molar-refractivity contribution is 14.1. The van der Waals surface area contributed by atoms with Crippen LogP contribution < -0.4 is 4.74 Å². The van der Waals surface area contributed by atoms with Crippen molar-refractivity contribution in [2.45, 2.75) is 6.61 Å². The molecule has 0 spiro atoms. The molecule has 4 rings (SSSR count). The number of cyclic esters (lactones) is 1. The monoisotopic (exact) mass is 719 g/mol. The quantitative estimate of drug-likeness (QED) is 0.159. The molecule has 0 amide bonds. The van der Waals surface area contributed by atoms with Crippen LogP contribution in [0.15, 0.2) is 75.8 Å². The normalized spacial score (nSPS) is 14.5. The zero-order valence-corrected chi connectivity index (χ0v) is 22.4. The Balaban J connectivity index is 1.56. The van der Waals surface area contributed by atoms with Crippen LogP contribution >= 0.6 is 72.7 Å². The molecule has 0 aliphatic carbocycles. The van der Waals surface area contributed by atoms with E-state index in [2.05, 4.69) is 66.1 Å². The van der Waals surface area contributed by atoms with E-state index in [0.717, 1.165) is 34.1 Å². The Bertz CT molecular complexity index is 1200. The molecule has 0 fully saturated rings. The van der Waals surface area contributed by atoms with Crippen molar-refractivity contribution in [3.05, 3.63) is 99.7 Å². The summed E-state index contributed by atoms with van der Waals surface area (Å²) in [6.07, 6.45) is 1.72. The largest absolute Gasteiger partial charge is 0.487 e. The lowest BCUT2D eigenvalue weighted by Gasteiger charge is -2.11. The van der Waals surface area contributed by atoms with Crippen molar-refractivity contribution < 1.29 is 14.3 Å². The Morgan fingerprint density at radius 1 is 1.06 bits per heavy atom. The molecule has 0 saturated heterocycles. The first-order chi connectivity index (χ1) is 14.9. The van der Waals surface area contributed by atoms with Gasteiger partial charge < -0.3 is 9.47 Å². The topological polar surface area (TPSA) is 47.9 Å². The number of esters is 1.